The fraction of sp³-hybridized carbons (Fsp3) is 0.0741. The molecule has 0 radical (unpaired) electrons. The van der Waals surface area contributed by atoms with E-state index in [2.05, 4.69) is 21.2 Å². The highest BCUT2D eigenvalue weighted by molar-refractivity contribution is 9.10. The van der Waals surface area contributed by atoms with Crippen molar-refractivity contribution in [2.24, 2.45) is 0 Å². The second-order valence-electron chi connectivity index (χ2n) is 7.30. The molecule has 0 saturated carbocycles. The standard InChI is InChI=1S/C27H22BrNO3/c1-32-24-15-11-18(17-22(24)28)12-16-25(31)29-27(20-8-3-2-4-9-20)26-21-10-6-5-7-19(21)13-14-23(26)30/h2-17,27,30H,1H3,(H,29,31)/b16-12+. The molecule has 0 aliphatic rings. The van der Waals surface area contributed by atoms with Crippen molar-refractivity contribution in [1.82, 2.24) is 5.32 Å². The highest BCUT2D eigenvalue weighted by Crippen LogP contribution is 2.35. The average molecular weight is 488 g/mol. The minimum Gasteiger partial charge on any atom is -0.508 e. The first-order valence-electron chi connectivity index (χ1n) is 10.1. The van der Waals surface area contributed by atoms with Crippen LogP contribution in [0.3, 0.4) is 0 Å². The maximum absolute atomic E-state index is 12.9. The zero-order valence-electron chi connectivity index (χ0n) is 17.5. The molecule has 32 heavy (non-hydrogen) atoms. The Balaban J connectivity index is 1.68. The molecule has 0 saturated heterocycles. The van der Waals surface area contributed by atoms with Gasteiger partial charge in [0.2, 0.25) is 5.91 Å². The molecule has 0 fully saturated rings. The number of benzene rings is 4. The number of phenols is 1. The summed E-state index contributed by atoms with van der Waals surface area (Å²) >= 11 is 3.46. The van der Waals surface area contributed by atoms with E-state index in [1.807, 2.05) is 78.9 Å². The molecule has 1 amide bonds. The molecule has 2 N–H and O–H groups in total. The summed E-state index contributed by atoms with van der Waals surface area (Å²) in [6.07, 6.45) is 3.23. The molecular formula is C27H22BrNO3. The third kappa shape index (κ3) is 4.68. The lowest BCUT2D eigenvalue weighted by Gasteiger charge is -2.22. The number of phenolic OH excluding ortho intramolecular Hbond substituents is 1. The van der Waals surface area contributed by atoms with Crippen LogP contribution >= 0.6 is 15.9 Å². The summed E-state index contributed by atoms with van der Waals surface area (Å²) in [6, 6.07) is 26.1. The summed E-state index contributed by atoms with van der Waals surface area (Å²) in [5.41, 5.74) is 2.41. The second kappa shape index (κ2) is 9.71. The van der Waals surface area contributed by atoms with E-state index in [0.29, 0.717) is 5.56 Å². The predicted octanol–water partition coefficient (Wildman–Crippen LogP) is 6.24. The quantitative estimate of drug-likeness (QED) is 0.316. The molecule has 0 bridgehead atoms. The zero-order valence-corrected chi connectivity index (χ0v) is 19.0. The number of nitrogens with one attached hydrogen (secondary N) is 1. The van der Waals surface area contributed by atoms with Crippen molar-refractivity contribution < 1.29 is 14.6 Å². The summed E-state index contributed by atoms with van der Waals surface area (Å²) in [5.74, 6) is 0.598. The molecule has 4 aromatic rings. The second-order valence-corrected chi connectivity index (χ2v) is 8.15. The fourth-order valence-corrected chi connectivity index (χ4v) is 4.26. The number of halogens is 1. The molecule has 1 unspecified atom stereocenters. The number of amides is 1. The van der Waals surface area contributed by atoms with Crippen LogP contribution in [-0.2, 0) is 4.79 Å². The van der Waals surface area contributed by atoms with E-state index in [9.17, 15) is 9.90 Å². The molecule has 0 heterocycles. The molecule has 4 nitrogen and oxygen atoms in total. The van der Waals surface area contributed by atoms with E-state index >= 15 is 0 Å². The van der Waals surface area contributed by atoms with Crippen LogP contribution in [0.2, 0.25) is 0 Å². The topological polar surface area (TPSA) is 58.6 Å². The number of methoxy groups -OCH3 is 1. The fourth-order valence-electron chi connectivity index (χ4n) is 3.70. The first-order chi connectivity index (χ1) is 15.6. The lowest BCUT2D eigenvalue weighted by molar-refractivity contribution is -0.116. The van der Waals surface area contributed by atoms with Crippen molar-refractivity contribution in [3.05, 3.63) is 112 Å². The van der Waals surface area contributed by atoms with Crippen molar-refractivity contribution in [2.75, 3.05) is 7.11 Å². The molecule has 0 aromatic heterocycles. The van der Waals surface area contributed by atoms with E-state index in [0.717, 1.165) is 32.1 Å². The van der Waals surface area contributed by atoms with Gasteiger partial charge in [-0.3, -0.25) is 4.79 Å². The van der Waals surface area contributed by atoms with Crippen LogP contribution in [0.1, 0.15) is 22.7 Å². The molecule has 0 aliphatic heterocycles. The summed E-state index contributed by atoms with van der Waals surface area (Å²) in [4.78, 5) is 12.9. The number of ether oxygens (including phenoxy) is 1. The third-order valence-corrected chi connectivity index (χ3v) is 5.88. The molecule has 0 spiro atoms. The van der Waals surface area contributed by atoms with Gasteiger partial charge in [0.05, 0.1) is 17.6 Å². The minimum absolute atomic E-state index is 0.140. The van der Waals surface area contributed by atoms with Crippen LogP contribution in [0, 0.1) is 0 Å². The Hall–Kier alpha value is -3.57. The van der Waals surface area contributed by atoms with Crippen molar-refractivity contribution in [1.29, 1.82) is 0 Å². The van der Waals surface area contributed by atoms with Crippen LogP contribution < -0.4 is 10.1 Å². The van der Waals surface area contributed by atoms with Gasteiger partial charge in [0, 0.05) is 11.6 Å². The number of fused-ring (bicyclic) bond motifs is 1. The number of carbonyl (C=O) groups is 1. The molecular weight excluding hydrogens is 466 g/mol. The summed E-state index contributed by atoms with van der Waals surface area (Å²) in [5, 5.41) is 15.7. The maximum Gasteiger partial charge on any atom is 0.244 e. The molecule has 0 aliphatic carbocycles. The van der Waals surface area contributed by atoms with E-state index in [-0.39, 0.29) is 11.7 Å². The van der Waals surface area contributed by atoms with Crippen molar-refractivity contribution in [3.63, 3.8) is 0 Å². The van der Waals surface area contributed by atoms with Gasteiger partial charge >= 0.3 is 0 Å². The first kappa shape index (κ1) is 21.7. The minimum atomic E-state index is -0.512. The van der Waals surface area contributed by atoms with E-state index in [1.54, 1.807) is 19.3 Å². The van der Waals surface area contributed by atoms with Gasteiger partial charge in [-0.05, 0) is 62.1 Å². The van der Waals surface area contributed by atoms with Crippen molar-refractivity contribution >= 4 is 38.7 Å². The van der Waals surface area contributed by atoms with Gasteiger partial charge in [-0.25, -0.2) is 0 Å². The van der Waals surface area contributed by atoms with Gasteiger partial charge in [-0.2, -0.15) is 0 Å². The Morgan fingerprint density at radius 1 is 1.00 bits per heavy atom. The van der Waals surface area contributed by atoms with Gasteiger partial charge in [0.15, 0.2) is 0 Å². The first-order valence-corrected chi connectivity index (χ1v) is 10.9. The van der Waals surface area contributed by atoms with Crippen molar-refractivity contribution in [3.8, 4) is 11.5 Å². The van der Waals surface area contributed by atoms with Gasteiger partial charge in [0.1, 0.15) is 11.5 Å². The van der Waals surface area contributed by atoms with E-state index < -0.39 is 6.04 Å². The van der Waals surface area contributed by atoms with Crippen LogP contribution in [0.25, 0.3) is 16.8 Å². The Morgan fingerprint density at radius 3 is 2.50 bits per heavy atom. The lowest BCUT2D eigenvalue weighted by Crippen LogP contribution is -2.28. The SMILES string of the molecule is COc1ccc(/C=C/C(=O)NC(c2ccccc2)c2c(O)ccc3ccccc23)cc1Br. The number of hydrogen-bond acceptors (Lipinski definition) is 3. The summed E-state index contributed by atoms with van der Waals surface area (Å²) in [6.45, 7) is 0. The molecule has 160 valence electrons. The monoisotopic (exact) mass is 487 g/mol. The zero-order chi connectivity index (χ0) is 22.5. The Kier molecular flexibility index (Phi) is 6.57. The van der Waals surface area contributed by atoms with Gasteiger partial charge in [-0.1, -0.05) is 66.7 Å². The predicted molar refractivity (Wildman–Crippen MR) is 132 cm³/mol. The van der Waals surface area contributed by atoms with Crippen LogP contribution in [0.5, 0.6) is 11.5 Å². The Bertz CT molecular complexity index is 1280. The van der Waals surface area contributed by atoms with E-state index in [4.69, 9.17) is 4.74 Å². The number of carbonyl (C=O) groups excluding carboxylic acids is 1. The molecule has 5 heteroatoms. The normalized spacial score (nSPS) is 12.1. The largest absolute Gasteiger partial charge is 0.508 e. The summed E-state index contributed by atoms with van der Waals surface area (Å²) in [7, 11) is 1.61. The smallest absolute Gasteiger partial charge is 0.244 e. The Labute approximate surface area is 195 Å². The molecule has 1 atom stereocenters. The van der Waals surface area contributed by atoms with Gasteiger partial charge < -0.3 is 15.2 Å². The van der Waals surface area contributed by atoms with Crippen LogP contribution in [0.4, 0.5) is 0 Å². The van der Waals surface area contributed by atoms with Crippen LogP contribution in [-0.4, -0.2) is 18.1 Å². The maximum atomic E-state index is 12.9. The highest BCUT2D eigenvalue weighted by Gasteiger charge is 2.21. The third-order valence-electron chi connectivity index (χ3n) is 5.26. The number of aromatic hydroxyl groups is 1. The van der Waals surface area contributed by atoms with Gasteiger partial charge in [-0.15, -0.1) is 0 Å². The van der Waals surface area contributed by atoms with Crippen molar-refractivity contribution in [2.45, 2.75) is 6.04 Å². The number of hydrogen-bond donors (Lipinski definition) is 2. The van der Waals surface area contributed by atoms with Crippen LogP contribution in [0.15, 0.2) is 95.5 Å². The average Bonchev–Trinajstić information content (AvgIpc) is 2.82. The molecule has 4 rings (SSSR count). The Morgan fingerprint density at radius 2 is 1.75 bits per heavy atom. The molecule has 4 aromatic carbocycles. The van der Waals surface area contributed by atoms with E-state index in [1.165, 1.54) is 6.08 Å². The highest BCUT2D eigenvalue weighted by atomic mass is 79.9. The number of rotatable bonds is 6. The summed E-state index contributed by atoms with van der Waals surface area (Å²) < 4.78 is 6.06. The van der Waals surface area contributed by atoms with Gasteiger partial charge in [0.25, 0.3) is 0 Å². The lowest BCUT2D eigenvalue weighted by atomic mass is 9.92.